The fourth-order valence-electron chi connectivity index (χ4n) is 2.25. The Labute approximate surface area is 154 Å². The first-order valence-electron chi connectivity index (χ1n) is 7.42. The van der Waals surface area contributed by atoms with Crippen LogP contribution < -0.4 is 10.6 Å². The van der Waals surface area contributed by atoms with Gasteiger partial charge in [-0.25, -0.2) is 4.99 Å². The van der Waals surface area contributed by atoms with Crippen LogP contribution in [0.3, 0.4) is 0 Å². The molecule has 0 aliphatic carbocycles. The molecular weight excluding hydrogens is 358 g/mol. The highest BCUT2D eigenvalue weighted by Gasteiger charge is 2.15. The van der Waals surface area contributed by atoms with Gasteiger partial charge in [0.05, 0.1) is 10.7 Å². The maximum Gasteiger partial charge on any atom is 0.257 e. The number of hydrogen-bond acceptors (Lipinski definition) is 4. The number of carbonyl (C=O) groups excluding carboxylic acids is 2. The summed E-state index contributed by atoms with van der Waals surface area (Å²) in [6.07, 6.45) is 0. The number of hydrogen-bond donors (Lipinski definition) is 2. The van der Waals surface area contributed by atoms with Crippen molar-refractivity contribution >= 4 is 56.8 Å². The van der Waals surface area contributed by atoms with Crippen molar-refractivity contribution in [3.05, 3.63) is 65.1 Å². The monoisotopic (exact) mass is 371 g/mol. The third-order valence-corrected chi connectivity index (χ3v) is 4.54. The minimum atomic E-state index is -0.317. The molecule has 0 bridgehead atoms. The average Bonchev–Trinajstić information content (AvgIpc) is 2.74. The molecule has 5 nitrogen and oxygen atoms in total. The molecule has 0 atom stereocenters. The third-order valence-electron chi connectivity index (χ3n) is 3.32. The molecule has 1 heterocycles. The zero-order valence-electron chi connectivity index (χ0n) is 13.2. The average molecular weight is 372 g/mol. The van der Waals surface area contributed by atoms with Crippen molar-refractivity contribution in [3.8, 4) is 0 Å². The number of rotatable bonds is 2. The van der Waals surface area contributed by atoms with Crippen molar-refractivity contribution < 1.29 is 9.59 Å². The zero-order valence-corrected chi connectivity index (χ0v) is 14.8. The van der Waals surface area contributed by atoms with Crippen molar-refractivity contribution in [1.82, 2.24) is 5.32 Å². The van der Waals surface area contributed by atoms with Gasteiger partial charge in [0.25, 0.3) is 5.91 Å². The highest BCUT2D eigenvalue weighted by Crippen LogP contribution is 2.34. The standard InChI is InChI=1S/C18H14ClN3O2S/c1-11(23)20-13-6-4-5-12(9-13)17(24)22-18-21-16-8-3-2-7-14(16)15(19)10-25-18/h2-10H,1H3,(H,20,23)(H,21,22,24). The molecule has 2 N–H and O–H groups in total. The predicted molar refractivity (Wildman–Crippen MR) is 103 cm³/mol. The van der Waals surface area contributed by atoms with E-state index in [4.69, 9.17) is 11.6 Å². The van der Waals surface area contributed by atoms with Gasteiger partial charge in [-0.05, 0) is 29.7 Å². The van der Waals surface area contributed by atoms with Crippen molar-refractivity contribution in [2.24, 2.45) is 4.99 Å². The summed E-state index contributed by atoms with van der Waals surface area (Å²) < 4.78 is 0. The molecule has 0 fully saturated rings. The fourth-order valence-corrected chi connectivity index (χ4v) is 3.19. The number of anilines is 1. The van der Waals surface area contributed by atoms with Gasteiger partial charge in [0.15, 0.2) is 5.17 Å². The van der Waals surface area contributed by atoms with Crippen LogP contribution in [-0.2, 0) is 4.79 Å². The van der Waals surface area contributed by atoms with Crippen LogP contribution in [0.2, 0.25) is 0 Å². The molecule has 0 radical (unpaired) electrons. The molecule has 0 unspecified atom stereocenters. The van der Waals surface area contributed by atoms with Crippen LogP contribution in [0, 0.1) is 0 Å². The number of carbonyl (C=O) groups is 2. The largest absolute Gasteiger partial charge is 0.326 e. The summed E-state index contributed by atoms with van der Waals surface area (Å²) in [7, 11) is 0. The molecule has 0 spiro atoms. The Morgan fingerprint density at radius 1 is 1.08 bits per heavy atom. The molecule has 25 heavy (non-hydrogen) atoms. The number of benzene rings is 2. The minimum Gasteiger partial charge on any atom is -0.326 e. The fraction of sp³-hybridized carbons (Fsp3) is 0.0556. The number of amidine groups is 1. The van der Waals surface area contributed by atoms with E-state index in [2.05, 4.69) is 15.6 Å². The third kappa shape index (κ3) is 4.29. The molecule has 0 saturated heterocycles. The van der Waals surface area contributed by atoms with E-state index in [9.17, 15) is 9.59 Å². The summed E-state index contributed by atoms with van der Waals surface area (Å²) in [4.78, 5) is 28.1. The van der Waals surface area contributed by atoms with Gasteiger partial charge in [-0.1, -0.05) is 47.6 Å². The summed E-state index contributed by atoms with van der Waals surface area (Å²) >= 11 is 7.49. The second-order valence-electron chi connectivity index (χ2n) is 5.23. The van der Waals surface area contributed by atoms with E-state index in [0.29, 0.717) is 27.1 Å². The zero-order chi connectivity index (χ0) is 17.8. The summed E-state index contributed by atoms with van der Waals surface area (Å²) in [5.41, 5.74) is 2.48. The van der Waals surface area contributed by atoms with Gasteiger partial charge in [0, 0.05) is 23.7 Å². The molecule has 1 aliphatic heterocycles. The molecule has 2 aromatic rings. The Bertz CT molecular complexity index is 909. The highest BCUT2D eigenvalue weighted by atomic mass is 35.5. The molecule has 126 valence electrons. The number of fused-ring (bicyclic) bond motifs is 1. The second kappa shape index (κ2) is 7.55. The van der Waals surface area contributed by atoms with Crippen LogP contribution in [0.15, 0.2) is 58.9 Å². The van der Waals surface area contributed by atoms with Gasteiger partial charge < -0.3 is 10.6 Å². The first kappa shape index (κ1) is 17.3. The molecular formula is C18H14ClN3O2S. The molecule has 2 aromatic carbocycles. The first-order valence-corrected chi connectivity index (χ1v) is 8.68. The van der Waals surface area contributed by atoms with E-state index in [1.54, 1.807) is 29.7 Å². The highest BCUT2D eigenvalue weighted by molar-refractivity contribution is 8.16. The Morgan fingerprint density at radius 3 is 2.68 bits per heavy atom. The van der Waals surface area contributed by atoms with Gasteiger partial charge in [-0.15, -0.1) is 0 Å². The van der Waals surface area contributed by atoms with E-state index in [1.807, 2.05) is 24.3 Å². The van der Waals surface area contributed by atoms with E-state index in [0.717, 1.165) is 5.56 Å². The molecule has 0 aromatic heterocycles. The van der Waals surface area contributed by atoms with Crippen molar-refractivity contribution in [2.45, 2.75) is 6.92 Å². The molecule has 3 rings (SSSR count). The number of amides is 2. The van der Waals surface area contributed by atoms with Crippen LogP contribution in [-0.4, -0.2) is 17.0 Å². The van der Waals surface area contributed by atoms with Gasteiger partial charge in [0.1, 0.15) is 0 Å². The Hall–Kier alpha value is -2.57. The number of aliphatic imine (C=N–C) groups is 1. The topological polar surface area (TPSA) is 70.6 Å². The van der Waals surface area contributed by atoms with E-state index in [-0.39, 0.29) is 11.8 Å². The van der Waals surface area contributed by atoms with Crippen molar-refractivity contribution in [1.29, 1.82) is 0 Å². The van der Waals surface area contributed by atoms with Gasteiger partial charge in [0.2, 0.25) is 5.91 Å². The van der Waals surface area contributed by atoms with Crippen molar-refractivity contribution in [3.63, 3.8) is 0 Å². The minimum absolute atomic E-state index is 0.197. The quantitative estimate of drug-likeness (QED) is 0.824. The maximum atomic E-state index is 12.5. The Balaban J connectivity index is 1.82. The lowest BCUT2D eigenvalue weighted by Crippen LogP contribution is -2.28. The molecule has 1 aliphatic rings. The normalized spacial score (nSPS) is 13.0. The van der Waals surface area contributed by atoms with Crippen LogP contribution in [0.25, 0.3) is 5.03 Å². The number of halogens is 1. The summed E-state index contributed by atoms with van der Waals surface area (Å²) in [6, 6.07) is 14.1. The Morgan fingerprint density at radius 2 is 1.88 bits per heavy atom. The summed E-state index contributed by atoms with van der Waals surface area (Å²) in [5, 5.41) is 8.16. The van der Waals surface area contributed by atoms with Gasteiger partial charge in [-0.2, -0.15) is 0 Å². The van der Waals surface area contributed by atoms with Crippen LogP contribution >= 0.6 is 23.4 Å². The SMILES string of the molecule is CC(=O)Nc1cccc(C(=O)NC2=Nc3ccccc3C(Cl)=CS2)c1. The Kier molecular flexibility index (Phi) is 5.21. The van der Waals surface area contributed by atoms with E-state index in [1.165, 1.54) is 18.7 Å². The van der Waals surface area contributed by atoms with Crippen LogP contribution in [0.4, 0.5) is 11.4 Å². The second-order valence-corrected chi connectivity index (χ2v) is 6.50. The lowest BCUT2D eigenvalue weighted by Gasteiger charge is -2.08. The molecule has 2 amide bonds. The van der Waals surface area contributed by atoms with Gasteiger partial charge in [-0.3, -0.25) is 9.59 Å². The van der Waals surface area contributed by atoms with E-state index < -0.39 is 0 Å². The van der Waals surface area contributed by atoms with Crippen LogP contribution in [0.1, 0.15) is 22.8 Å². The first-order chi connectivity index (χ1) is 12.0. The lowest BCUT2D eigenvalue weighted by molar-refractivity contribution is -0.114. The number of nitrogens with one attached hydrogen (secondary N) is 2. The van der Waals surface area contributed by atoms with Crippen LogP contribution in [0.5, 0.6) is 0 Å². The molecule has 0 saturated carbocycles. The van der Waals surface area contributed by atoms with Crippen molar-refractivity contribution in [2.75, 3.05) is 5.32 Å². The van der Waals surface area contributed by atoms with E-state index >= 15 is 0 Å². The lowest BCUT2D eigenvalue weighted by atomic mass is 10.2. The number of thioether (sulfide) groups is 1. The predicted octanol–water partition coefficient (Wildman–Crippen LogP) is 4.35. The summed E-state index contributed by atoms with van der Waals surface area (Å²) in [5.74, 6) is -0.514. The van der Waals surface area contributed by atoms with Gasteiger partial charge >= 0.3 is 0 Å². The summed E-state index contributed by atoms with van der Waals surface area (Å²) in [6.45, 7) is 1.41. The molecule has 7 heteroatoms. The smallest absolute Gasteiger partial charge is 0.257 e. The number of nitrogens with zero attached hydrogens (tertiary/aromatic N) is 1. The maximum absolute atomic E-state index is 12.5. The number of para-hydroxylation sites is 1.